The van der Waals surface area contributed by atoms with E-state index < -0.39 is 0 Å². The molecule has 12 heavy (non-hydrogen) atoms. The molecule has 0 aliphatic heterocycles. The van der Waals surface area contributed by atoms with Crippen LogP contribution in [0.4, 0.5) is 0 Å². The predicted octanol–water partition coefficient (Wildman–Crippen LogP) is 3.39. The monoisotopic (exact) mass is 162 g/mol. The zero-order chi connectivity index (χ0) is 8.29. The van der Waals surface area contributed by atoms with Crippen LogP contribution in [0.5, 0.6) is 0 Å². The van der Waals surface area contributed by atoms with Crippen LogP contribution in [0.15, 0.2) is 11.1 Å². The maximum atomic E-state index is 2.44. The fourth-order valence-electron chi connectivity index (χ4n) is 4.16. The van der Waals surface area contributed by atoms with Crippen LogP contribution < -0.4 is 0 Å². The molecule has 3 aliphatic rings. The molecule has 4 atom stereocenters. The van der Waals surface area contributed by atoms with Gasteiger partial charge < -0.3 is 0 Å². The number of fused-ring (bicyclic) bond motifs is 3. The number of hydrogen-bond donors (Lipinski definition) is 0. The summed E-state index contributed by atoms with van der Waals surface area (Å²) in [6.45, 7) is 4.85. The van der Waals surface area contributed by atoms with Crippen LogP contribution in [0.1, 0.15) is 39.5 Å². The van der Waals surface area contributed by atoms with E-state index in [1.54, 1.807) is 5.57 Å². The molecule has 4 unspecified atom stereocenters. The first-order valence-electron chi connectivity index (χ1n) is 5.48. The molecule has 0 N–H and O–H groups in total. The van der Waals surface area contributed by atoms with Crippen LogP contribution in [-0.2, 0) is 0 Å². The predicted molar refractivity (Wildman–Crippen MR) is 50.8 cm³/mol. The molecule has 0 amide bonds. The van der Waals surface area contributed by atoms with E-state index in [0.29, 0.717) is 0 Å². The van der Waals surface area contributed by atoms with E-state index in [1.165, 1.54) is 25.7 Å². The molecule has 3 rings (SSSR count). The molecule has 0 aromatic heterocycles. The van der Waals surface area contributed by atoms with Crippen LogP contribution in [-0.4, -0.2) is 0 Å². The second-order valence-electron chi connectivity index (χ2n) is 5.11. The average molecular weight is 162 g/mol. The summed E-state index contributed by atoms with van der Waals surface area (Å²) in [6, 6.07) is 0. The summed E-state index contributed by atoms with van der Waals surface area (Å²) in [7, 11) is 0. The van der Waals surface area contributed by atoms with E-state index in [0.717, 1.165) is 23.7 Å². The van der Waals surface area contributed by atoms with Gasteiger partial charge >= 0.3 is 0 Å². The zero-order valence-corrected chi connectivity index (χ0v) is 8.14. The summed E-state index contributed by atoms with van der Waals surface area (Å²) >= 11 is 0. The number of rotatable bonds is 0. The molecule has 2 fully saturated rings. The Morgan fingerprint density at radius 2 is 2.17 bits per heavy atom. The summed E-state index contributed by atoms with van der Waals surface area (Å²) in [5.41, 5.74) is 3.69. The third-order valence-corrected chi connectivity index (χ3v) is 4.65. The molecular formula is C12H18. The topological polar surface area (TPSA) is 0 Å². The van der Waals surface area contributed by atoms with Gasteiger partial charge in [-0.25, -0.2) is 0 Å². The molecule has 0 spiro atoms. The van der Waals surface area contributed by atoms with Gasteiger partial charge in [0, 0.05) is 0 Å². The summed E-state index contributed by atoms with van der Waals surface area (Å²) in [5, 5.41) is 0. The Balaban J connectivity index is 1.98. The standard InChI is InChI=1S/C12H18/c1-7-6-11-10-5-3-4-9(10)8(2)12(7)11/h7,10-12H,3-6H2,1-2H3. The second-order valence-corrected chi connectivity index (χ2v) is 5.11. The maximum absolute atomic E-state index is 2.44. The molecule has 3 aliphatic carbocycles. The minimum Gasteiger partial charge on any atom is -0.0702 e. The lowest BCUT2D eigenvalue weighted by Gasteiger charge is -2.42. The van der Waals surface area contributed by atoms with E-state index in [9.17, 15) is 0 Å². The Morgan fingerprint density at radius 3 is 2.92 bits per heavy atom. The fourth-order valence-corrected chi connectivity index (χ4v) is 4.16. The third-order valence-electron chi connectivity index (χ3n) is 4.65. The van der Waals surface area contributed by atoms with Crippen LogP contribution in [0, 0.1) is 23.7 Å². The van der Waals surface area contributed by atoms with Crippen LogP contribution in [0.2, 0.25) is 0 Å². The lowest BCUT2D eigenvalue weighted by Crippen LogP contribution is -2.35. The van der Waals surface area contributed by atoms with E-state index in [2.05, 4.69) is 13.8 Å². The Kier molecular flexibility index (Phi) is 1.29. The van der Waals surface area contributed by atoms with Gasteiger partial charge in [-0.15, -0.1) is 0 Å². The smallest absolute Gasteiger partial charge is 0.0143 e. The molecule has 0 radical (unpaired) electrons. The normalized spacial score (nSPS) is 50.5. The van der Waals surface area contributed by atoms with Crippen molar-refractivity contribution in [1.82, 2.24) is 0 Å². The van der Waals surface area contributed by atoms with E-state index in [-0.39, 0.29) is 0 Å². The first-order chi connectivity index (χ1) is 5.79. The number of allylic oxidation sites excluding steroid dienone is 2. The van der Waals surface area contributed by atoms with Crippen molar-refractivity contribution in [2.24, 2.45) is 23.7 Å². The first-order valence-corrected chi connectivity index (χ1v) is 5.48. The highest BCUT2D eigenvalue weighted by Crippen LogP contribution is 2.60. The molecule has 66 valence electrons. The van der Waals surface area contributed by atoms with E-state index in [1.807, 2.05) is 5.57 Å². The van der Waals surface area contributed by atoms with Crippen LogP contribution >= 0.6 is 0 Å². The molecule has 0 bridgehead atoms. The van der Waals surface area contributed by atoms with Gasteiger partial charge in [-0.2, -0.15) is 0 Å². The van der Waals surface area contributed by atoms with Gasteiger partial charge in [0.2, 0.25) is 0 Å². The minimum absolute atomic E-state index is 1.01. The molecule has 0 heteroatoms. The van der Waals surface area contributed by atoms with Crippen molar-refractivity contribution >= 4 is 0 Å². The molecule has 2 saturated carbocycles. The van der Waals surface area contributed by atoms with Crippen molar-refractivity contribution in [3.8, 4) is 0 Å². The summed E-state index contributed by atoms with van der Waals surface area (Å²) in [5.74, 6) is 4.17. The lowest BCUT2D eigenvalue weighted by atomic mass is 9.62. The van der Waals surface area contributed by atoms with Gasteiger partial charge in [0.1, 0.15) is 0 Å². The Labute approximate surface area is 75.0 Å². The van der Waals surface area contributed by atoms with Crippen molar-refractivity contribution in [3.05, 3.63) is 11.1 Å². The largest absolute Gasteiger partial charge is 0.0702 e. The second kappa shape index (κ2) is 2.16. The third kappa shape index (κ3) is 0.654. The lowest BCUT2D eigenvalue weighted by molar-refractivity contribution is 0.0995. The molecule has 0 heterocycles. The molecule has 0 aromatic rings. The first kappa shape index (κ1) is 7.17. The summed E-state index contributed by atoms with van der Waals surface area (Å²) < 4.78 is 0. The summed E-state index contributed by atoms with van der Waals surface area (Å²) in [6.07, 6.45) is 5.96. The van der Waals surface area contributed by atoms with Crippen molar-refractivity contribution < 1.29 is 0 Å². The highest BCUT2D eigenvalue weighted by molar-refractivity contribution is 5.32. The Bertz CT molecular complexity index is 249. The van der Waals surface area contributed by atoms with Gasteiger partial charge in [-0.1, -0.05) is 18.1 Å². The Hall–Kier alpha value is -0.260. The van der Waals surface area contributed by atoms with Gasteiger partial charge in [-0.05, 0) is 56.3 Å². The van der Waals surface area contributed by atoms with Gasteiger partial charge in [-0.3, -0.25) is 0 Å². The number of hydrogen-bond acceptors (Lipinski definition) is 0. The van der Waals surface area contributed by atoms with Crippen molar-refractivity contribution in [1.29, 1.82) is 0 Å². The SMILES string of the molecule is CC1=C2CCCC2C2CC(C)C12. The minimum atomic E-state index is 1.01. The molecule has 0 saturated heterocycles. The maximum Gasteiger partial charge on any atom is -0.0143 e. The average Bonchev–Trinajstić information content (AvgIpc) is 2.52. The van der Waals surface area contributed by atoms with Gasteiger partial charge in [0.15, 0.2) is 0 Å². The van der Waals surface area contributed by atoms with Crippen molar-refractivity contribution in [2.75, 3.05) is 0 Å². The van der Waals surface area contributed by atoms with E-state index >= 15 is 0 Å². The van der Waals surface area contributed by atoms with Crippen LogP contribution in [0.3, 0.4) is 0 Å². The molecule has 0 nitrogen and oxygen atoms in total. The fraction of sp³-hybridized carbons (Fsp3) is 0.833. The highest BCUT2D eigenvalue weighted by Gasteiger charge is 2.50. The highest BCUT2D eigenvalue weighted by atomic mass is 14.6. The van der Waals surface area contributed by atoms with Gasteiger partial charge in [0.25, 0.3) is 0 Å². The quantitative estimate of drug-likeness (QED) is 0.479. The van der Waals surface area contributed by atoms with Crippen LogP contribution in [0.25, 0.3) is 0 Å². The molecular weight excluding hydrogens is 144 g/mol. The summed E-state index contributed by atoms with van der Waals surface area (Å²) in [4.78, 5) is 0. The van der Waals surface area contributed by atoms with E-state index in [4.69, 9.17) is 0 Å². The van der Waals surface area contributed by atoms with Crippen molar-refractivity contribution in [2.45, 2.75) is 39.5 Å². The Morgan fingerprint density at radius 1 is 1.33 bits per heavy atom. The van der Waals surface area contributed by atoms with Crippen molar-refractivity contribution in [3.63, 3.8) is 0 Å². The van der Waals surface area contributed by atoms with Gasteiger partial charge in [0.05, 0.1) is 0 Å². The molecule has 0 aromatic carbocycles. The zero-order valence-electron chi connectivity index (χ0n) is 8.14.